The smallest absolute Gasteiger partial charge is 0.257 e. The molecule has 0 saturated carbocycles. The van der Waals surface area contributed by atoms with Gasteiger partial charge >= 0.3 is 0 Å². The molecular weight excluding hydrogens is 364 g/mol. The summed E-state index contributed by atoms with van der Waals surface area (Å²) in [4.78, 5) is 18.3. The van der Waals surface area contributed by atoms with E-state index in [0.29, 0.717) is 11.4 Å². The van der Waals surface area contributed by atoms with Gasteiger partial charge in [0, 0.05) is 11.0 Å². The van der Waals surface area contributed by atoms with E-state index in [2.05, 4.69) is 15.4 Å². The summed E-state index contributed by atoms with van der Waals surface area (Å²) in [5, 5.41) is 8.22. The fourth-order valence-corrected chi connectivity index (χ4v) is 4.23. The molecule has 0 saturated heterocycles. The Bertz CT molecular complexity index is 1070. The zero-order chi connectivity index (χ0) is 18.1. The molecule has 1 amide bonds. The van der Waals surface area contributed by atoms with E-state index in [1.54, 1.807) is 27.8 Å². The molecule has 2 heterocycles. The Morgan fingerprint density at radius 3 is 2.73 bits per heavy atom. The Balaban J connectivity index is 1.71. The van der Waals surface area contributed by atoms with Crippen molar-refractivity contribution in [2.24, 2.45) is 0 Å². The number of rotatable bonds is 4. The number of aryl methyl sites for hydroxylation is 1. The molecule has 0 aliphatic heterocycles. The number of hydrogen-bond acceptors (Lipinski definition) is 5. The topological polar surface area (TPSA) is 59.8 Å². The first kappa shape index (κ1) is 16.8. The third kappa shape index (κ3) is 3.11. The van der Waals surface area contributed by atoms with Crippen molar-refractivity contribution in [1.82, 2.24) is 14.8 Å². The van der Waals surface area contributed by atoms with E-state index in [1.165, 1.54) is 0 Å². The van der Waals surface area contributed by atoms with Gasteiger partial charge in [0.25, 0.3) is 5.91 Å². The zero-order valence-corrected chi connectivity index (χ0v) is 15.9. The summed E-state index contributed by atoms with van der Waals surface area (Å²) in [6.45, 7) is 1.90. The number of fused-ring (bicyclic) bond motifs is 1. The molecule has 4 rings (SSSR count). The van der Waals surface area contributed by atoms with Crippen molar-refractivity contribution >= 4 is 45.0 Å². The number of carbonyl (C=O) groups is 1. The second-order valence-electron chi connectivity index (χ2n) is 5.70. The van der Waals surface area contributed by atoms with Crippen molar-refractivity contribution < 1.29 is 4.79 Å². The lowest BCUT2D eigenvalue weighted by Crippen LogP contribution is -2.15. The van der Waals surface area contributed by atoms with Crippen LogP contribution in [0, 0.1) is 6.92 Å². The largest absolute Gasteiger partial charge is 0.306 e. The van der Waals surface area contributed by atoms with E-state index in [4.69, 9.17) is 0 Å². The van der Waals surface area contributed by atoms with E-state index in [0.717, 1.165) is 25.9 Å². The van der Waals surface area contributed by atoms with Crippen molar-refractivity contribution in [1.29, 1.82) is 0 Å². The van der Waals surface area contributed by atoms with Crippen molar-refractivity contribution in [2.75, 3.05) is 11.6 Å². The Kier molecular flexibility index (Phi) is 4.48. The highest BCUT2D eigenvalue weighted by Crippen LogP contribution is 2.28. The highest BCUT2D eigenvalue weighted by Gasteiger charge is 2.16. The minimum Gasteiger partial charge on any atom is -0.306 e. The lowest BCUT2D eigenvalue weighted by molar-refractivity contribution is 0.102. The number of anilines is 1. The zero-order valence-electron chi connectivity index (χ0n) is 14.3. The number of aromatic nitrogens is 3. The summed E-state index contributed by atoms with van der Waals surface area (Å²) in [6, 6.07) is 17.4. The second kappa shape index (κ2) is 6.93. The molecule has 1 N–H and O–H groups in total. The van der Waals surface area contributed by atoms with Gasteiger partial charge in [0.1, 0.15) is 5.82 Å². The van der Waals surface area contributed by atoms with E-state index in [-0.39, 0.29) is 5.91 Å². The molecular formula is C19H16N4OS2. The maximum Gasteiger partial charge on any atom is 0.257 e. The molecule has 130 valence electrons. The van der Waals surface area contributed by atoms with Crippen LogP contribution in [-0.4, -0.2) is 26.9 Å². The Hall–Kier alpha value is -2.64. The average Bonchev–Trinajstić information content (AvgIpc) is 3.24. The summed E-state index contributed by atoms with van der Waals surface area (Å²) < 4.78 is 2.78. The highest BCUT2D eigenvalue weighted by molar-refractivity contribution is 7.98. The molecule has 0 bridgehead atoms. The Morgan fingerprint density at radius 2 is 1.92 bits per heavy atom. The molecule has 0 fully saturated rings. The number of hydrogen-bond donors (Lipinski definition) is 1. The molecule has 0 aliphatic rings. The Labute approximate surface area is 159 Å². The molecule has 5 nitrogen and oxygen atoms in total. The van der Waals surface area contributed by atoms with Crippen LogP contribution in [0.1, 0.15) is 16.1 Å². The van der Waals surface area contributed by atoms with Gasteiger partial charge in [0.2, 0.25) is 5.13 Å². The number of thiazole rings is 1. The van der Waals surface area contributed by atoms with Crippen molar-refractivity contribution in [3.63, 3.8) is 0 Å². The van der Waals surface area contributed by atoms with Gasteiger partial charge in [0.15, 0.2) is 0 Å². The quantitative estimate of drug-likeness (QED) is 0.518. The van der Waals surface area contributed by atoms with Crippen LogP contribution in [0.5, 0.6) is 0 Å². The molecule has 0 unspecified atom stereocenters. The van der Waals surface area contributed by atoms with Crippen LogP contribution in [0.4, 0.5) is 5.82 Å². The van der Waals surface area contributed by atoms with E-state index >= 15 is 0 Å². The molecule has 0 radical (unpaired) electrons. The van der Waals surface area contributed by atoms with Crippen LogP contribution in [0.15, 0.2) is 59.5 Å². The first-order valence-electron chi connectivity index (χ1n) is 8.02. The standard InChI is InChI=1S/C19H16N4OS2/c1-12-11-17(21-18(24)13-7-3-5-9-15(13)25-2)23(22-12)19-20-14-8-4-6-10-16(14)26-19/h3-11H,1-2H3,(H,21,24). The minimum absolute atomic E-state index is 0.155. The van der Waals surface area contributed by atoms with Crippen LogP contribution in [0.25, 0.3) is 15.3 Å². The highest BCUT2D eigenvalue weighted by atomic mass is 32.2. The van der Waals surface area contributed by atoms with Crippen LogP contribution >= 0.6 is 23.1 Å². The number of carbonyl (C=O) groups excluding carboxylic acids is 1. The normalized spacial score (nSPS) is 11.0. The third-order valence-electron chi connectivity index (χ3n) is 3.89. The monoisotopic (exact) mass is 380 g/mol. The predicted octanol–water partition coefficient (Wildman–Crippen LogP) is 4.76. The fourth-order valence-electron chi connectivity index (χ4n) is 2.70. The number of nitrogens with zero attached hydrogens (tertiary/aromatic N) is 3. The Morgan fingerprint density at radius 1 is 1.15 bits per heavy atom. The van der Waals surface area contributed by atoms with Crippen LogP contribution in [0.2, 0.25) is 0 Å². The van der Waals surface area contributed by atoms with Gasteiger partial charge in [0.05, 0.1) is 21.5 Å². The van der Waals surface area contributed by atoms with E-state index in [1.807, 2.05) is 67.8 Å². The number of para-hydroxylation sites is 1. The maximum absolute atomic E-state index is 12.8. The number of thioether (sulfide) groups is 1. The summed E-state index contributed by atoms with van der Waals surface area (Å²) in [5.41, 5.74) is 2.39. The van der Waals surface area contributed by atoms with Crippen LogP contribution in [-0.2, 0) is 0 Å². The first-order valence-corrected chi connectivity index (χ1v) is 10.1. The van der Waals surface area contributed by atoms with E-state index in [9.17, 15) is 4.79 Å². The number of benzene rings is 2. The predicted molar refractivity (Wildman–Crippen MR) is 108 cm³/mol. The number of nitrogens with one attached hydrogen (secondary N) is 1. The van der Waals surface area contributed by atoms with Gasteiger partial charge < -0.3 is 5.32 Å². The van der Waals surface area contributed by atoms with Crippen molar-refractivity contribution in [3.8, 4) is 5.13 Å². The van der Waals surface area contributed by atoms with Crippen LogP contribution in [0.3, 0.4) is 0 Å². The van der Waals surface area contributed by atoms with Gasteiger partial charge in [-0.25, -0.2) is 4.98 Å². The van der Waals surface area contributed by atoms with Gasteiger partial charge in [-0.15, -0.1) is 11.8 Å². The lowest BCUT2D eigenvalue weighted by atomic mass is 10.2. The molecule has 0 atom stereocenters. The third-order valence-corrected chi connectivity index (χ3v) is 5.70. The molecule has 4 aromatic rings. The minimum atomic E-state index is -0.155. The van der Waals surface area contributed by atoms with Crippen LogP contribution < -0.4 is 5.32 Å². The SMILES string of the molecule is CSc1ccccc1C(=O)Nc1cc(C)nn1-c1nc2ccccc2s1. The van der Waals surface area contributed by atoms with Crippen molar-refractivity contribution in [3.05, 3.63) is 65.9 Å². The summed E-state index contributed by atoms with van der Waals surface area (Å²) in [5.74, 6) is 0.458. The van der Waals surface area contributed by atoms with Gasteiger partial charge in [-0.1, -0.05) is 35.6 Å². The fraction of sp³-hybridized carbons (Fsp3) is 0.105. The summed E-state index contributed by atoms with van der Waals surface area (Å²) in [6.07, 6.45) is 1.96. The average molecular weight is 380 g/mol. The number of amides is 1. The van der Waals surface area contributed by atoms with Crippen molar-refractivity contribution in [2.45, 2.75) is 11.8 Å². The lowest BCUT2D eigenvalue weighted by Gasteiger charge is -2.09. The van der Waals surface area contributed by atoms with E-state index < -0.39 is 0 Å². The molecule has 2 aromatic heterocycles. The summed E-state index contributed by atoms with van der Waals surface area (Å²) in [7, 11) is 0. The molecule has 26 heavy (non-hydrogen) atoms. The summed E-state index contributed by atoms with van der Waals surface area (Å²) >= 11 is 3.09. The molecule has 7 heteroatoms. The first-order chi connectivity index (χ1) is 12.7. The van der Waals surface area contributed by atoms with Gasteiger partial charge in [-0.3, -0.25) is 4.79 Å². The second-order valence-corrected chi connectivity index (χ2v) is 7.56. The molecule has 0 spiro atoms. The van der Waals surface area contributed by atoms with Gasteiger partial charge in [-0.2, -0.15) is 9.78 Å². The molecule has 0 aliphatic carbocycles. The van der Waals surface area contributed by atoms with Gasteiger partial charge in [-0.05, 0) is 37.4 Å². The molecule has 2 aromatic carbocycles. The maximum atomic E-state index is 12.8.